The van der Waals surface area contributed by atoms with Crippen molar-refractivity contribution in [2.75, 3.05) is 20.3 Å². The first-order valence-electron chi connectivity index (χ1n) is 6.91. The second-order valence-corrected chi connectivity index (χ2v) is 6.04. The molecule has 0 aliphatic carbocycles. The molecule has 0 bridgehead atoms. The normalized spacial score (nSPS) is 16.8. The Hall–Kier alpha value is -1.60. The molecule has 1 amide bonds. The molecule has 0 spiro atoms. The smallest absolute Gasteiger partial charge is 0.329 e. The molecule has 1 aliphatic rings. The number of halogens is 1. The van der Waals surface area contributed by atoms with E-state index in [-0.39, 0.29) is 25.2 Å². The van der Waals surface area contributed by atoms with Crippen LogP contribution in [0.5, 0.6) is 5.75 Å². The Balaban J connectivity index is 2.10. The van der Waals surface area contributed by atoms with E-state index < -0.39 is 11.5 Å². The lowest BCUT2D eigenvalue weighted by molar-refractivity contribution is -0.152. The third kappa shape index (κ3) is 3.78. The average molecular weight is 372 g/mol. The zero-order valence-corrected chi connectivity index (χ0v) is 13.8. The van der Waals surface area contributed by atoms with Crippen molar-refractivity contribution in [3.05, 3.63) is 28.2 Å². The molecule has 1 saturated heterocycles. The molecular weight excluding hydrogens is 354 g/mol. The molecule has 1 heterocycles. The fourth-order valence-corrected chi connectivity index (χ4v) is 2.80. The number of amides is 1. The summed E-state index contributed by atoms with van der Waals surface area (Å²) in [4.78, 5) is 23.8. The van der Waals surface area contributed by atoms with Crippen LogP contribution in [0.4, 0.5) is 0 Å². The fraction of sp³-hybridized carbons (Fsp3) is 0.467. The largest absolute Gasteiger partial charge is 0.497 e. The van der Waals surface area contributed by atoms with Crippen molar-refractivity contribution in [2.45, 2.75) is 24.8 Å². The van der Waals surface area contributed by atoms with Gasteiger partial charge in [-0.2, -0.15) is 0 Å². The minimum atomic E-state index is -1.24. The summed E-state index contributed by atoms with van der Waals surface area (Å²) in [6.45, 7) is 0.658. The van der Waals surface area contributed by atoms with Gasteiger partial charge < -0.3 is 19.9 Å². The summed E-state index contributed by atoms with van der Waals surface area (Å²) in [5.41, 5.74) is -0.495. The predicted molar refractivity (Wildman–Crippen MR) is 83.0 cm³/mol. The predicted octanol–water partition coefficient (Wildman–Crippen LogP) is 1.75. The maximum absolute atomic E-state index is 12.3. The van der Waals surface area contributed by atoms with Crippen molar-refractivity contribution in [2.24, 2.45) is 0 Å². The van der Waals surface area contributed by atoms with Crippen LogP contribution in [0.25, 0.3) is 0 Å². The van der Waals surface area contributed by atoms with Crippen LogP contribution in [0, 0.1) is 0 Å². The van der Waals surface area contributed by atoms with Gasteiger partial charge in [0, 0.05) is 30.5 Å². The highest BCUT2D eigenvalue weighted by Crippen LogP contribution is 2.24. The fourth-order valence-electron chi connectivity index (χ4n) is 2.41. The maximum atomic E-state index is 12.3. The molecule has 120 valence electrons. The number of nitrogens with one attached hydrogen (secondary N) is 1. The zero-order chi connectivity index (χ0) is 16.2. The summed E-state index contributed by atoms with van der Waals surface area (Å²) in [5.74, 6) is -0.711. The molecule has 0 atom stereocenters. The SMILES string of the molecule is COc1ccc(Br)c(CC(=O)NC2(C(=O)O)CCOCC2)c1. The third-order valence-electron chi connectivity index (χ3n) is 3.74. The molecule has 0 aromatic heterocycles. The first kappa shape index (κ1) is 16.8. The van der Waals surface area contributed by atoms with E-state index in [2.05, 4.69) is 21.2 Å². The molecule has 1 aromatic rings. The van der Waals surface area contributed by atoms with E-state index in [1.807, 2.05) is 0 Å². The van der Waals surface area contributed by atoms with Crippen molar-refractivity contribution in [1.29, 1.82) is 0 Å². The van der Waals surface area contributed by atoms with Gasteiger partial charge >= 0.3 is 5.97 Å². The summed E-state index contributed by atoms with van der Waals surface area (Å²) < 4.78 is 11.1. The van der Waals surface area contributed by atoms with Crippen LogP contribution in [0.1, 0.15) is 18.4 Å². The third-order valence-corrected chi connectivity index (χ3v) is 4.51. The number of aliphatic carboxylic acids is 1. The van der Waals surface area contributed by atoms with Gasteiger partial charge in [-0.15, -0.1) is 0 Å². The van der Waals surface area contributed by atoms with Crippen LogP contribution >= 0.6 is 15.9 Å². The number of hydrogen-bond acceptors (Lipinski definition) is 4. The van der Waals surface area contributed by atoms with E-state index in [1.165, 1.54) is 0 Å². The van der Waals surface area contributed by atoms with Gasteiger partial charge in [0.15, 0.2) is 0 Å². The number of carbonyl (C=O) groups is 2. The molecule has 2 N–H and O–H groups in total. The Labute approximate surface area is 136 Å². The quantitative estimate of drug-likeness (QED) is 0.823. The standard InChI is InChI=1S/C15H18BrNO5/c1-21-11-2-3-12(16)10(8-11)9-13(18)17-15(14(19)20)4-6-22-7-5-15/h2-3,8H,4-7,9H2,1H3,(H,17,18)(H,19,20). The Kier molecular flexibility index (Phi) is 5.42. The zero-order valence-electron chi connectivity index (χ0n) is 12.2. The Bertz CT molecular complexity index is 569. The number of methoxy groups -OCH3 is 1. The van der Waals surface area contributed by atoms with E-state index >= 15 is 0 Å². The lowest BCUT2D eigenvalue weighted by Gasteiger charge is -2.33. The minimum absolute atomic E-state index is 0.0771. The van der Waals surface area contributed by atoms with Gasteiger partial charge in [0.05, 0.1) is 13.5 Å². The highest BCUT2D eigenvalue weighted by molar-refractivity contribution is 9.10. The van der Waals surface area contributed by atoms with E-state index in [0.717, 1.165) is 10.0 Å². The second-order valence-electron chi connectivity index (χ2n) is 5.18. The molecule has 1 aromatic carbocycles. The molecule has 0 radical (unpaired) electrons. The molecule has 0 saturated carbocycles. The van der Waals surface area contributed by atoms with Crippen molar-refractivity contribution in [1.82, 2.24) is 5.32 Å². The van der Waals surface area contributed by atoms with Gasteiger partial charge in [0.25, 0.3) is 0 Å². The number of carbonyl (C=O) groups excluding carboxylic acids is 1. The molecule has 1 fully saturated rings. The maximum Gasteiger partial charge on any atom is 0.329 e. The number of rotatable bonds is 5. The first-order chi connectivity index (χ1) is 10.5. The van der Waals surface area contributed by atoms with Gasteiger partial charge in [0.1, 0.15) is 11.3 Å². The summed E-state index contributed by atoms with van der Waals surface area (Å²) in [6.07, 6.45) is 0.619. The highest BCUT2D eigenvalue weighted by atomic mass is 79.9. The van der Waals surface area contributed by atoms with Crippen molar-refractivity contribution >= 4 is 27.8 Å². The van der Waals surface area contributed by atoms with Crippen LogP contribution in [0.3, 0.4) is 0 Å². The van der Waals surface area contributed by atoms with E-state index in [0.29, 0.717) is 19.0 Å². The van der Waals surface area contributed by atoms with Gasteiger partial charge in [-0.3, -0.25) is 4.79 Å². The number of benzene rings is 1. The van der Waals surface area contributed by atoms with E-state index in [1.54, 1.807) is 25.3 Å². The summed E-state index contributed by atoms with van der Waals surface area (Å²) >= 11 is 3.38. The Morgan fingerprint density at radius 1 is 1.41 bits per heavy atom. The van der Waals surface area contributed by atoms with Gasteiger partial charge in [0.2, 0.25) is 5.91 Å². The van der Waals surface area contributed by atoms with E-state index in [9.17, 15) is 14.7 Å². The highest BCUT2D eigenvalue weighted by Gasteiger charge is 2.41. The van der Waals surface area contributed by atoms with Gasteiger partial charge in [-0.05, 0) is 23.8 Å². The molecule has 7 heteroatoms. The number of carboxylic acid groups (broad SMARTS) is 1. The van der Waals surface area contributed by atoms with Crippen molar-refractivity contribution in [3.63, 3.8) is 0 Å². The topological polar surface area (TPSA) is 84.9 Å². The summed E-state index contributed by atoms with van der Waals surface area (Å²) in [7, 11) is 1.55. The van der Waals surface area contributed by atoms with Crippen LogP contribution in [0.15, 0.2) is 22.7 Å². The summed E-state index contributed by atoms with van der Waals surface area (Å²) in [6, 6.07) is 5.33. The van der Waals surface area contributed by atoms with Crippen molar-refractivity contribution < 1.29 is 24.2 Å². The van der Waals surface area contributed by atoms with Crippen LogP contribution in [0.2, 0.25) is 0 Å². The molecular formula is C15H18BrNO5. The van der Waals surface area contributed by atoms with Crippen LogP contribution in [-0.2, 0) is 20.7 Å². The van der Waals surface area contributed by atoms with Crippen LogP contribution in [-0.4, -0.2) is 42.8 Å². The lowest BCUT2D eigenvalue weighted by atomic mass is 9.90. The molecule has 6 nitrogen and oxygen atoms in total. The van der Waals surface area contributed by atoms with Gasteiger partial charge in [-0.25, -0.2) is 4.79 Å². The summed E-state index contributed by atoms with van der Waals surface area (Å²) in [5, 5.41) is 12.1. The lowest BCUT2D eigenvalue weighted by Crippen LogP contribution is -2.57. The molecule has 1 aliphatic heterocycles. The number of hydrogen-bond donors (Lipinski definition) is 2. The number of ether oxygens (including phenoxy) is 2. The van der Waals surface area contributed by atoms with Crippen molar-refractivity contribution in [3.8, 4) is 5.75 Å². The van der Waals surface area contributed by atoms with Gasteiger partial charge in [-0.1, -0.05) is 15.9 Å². The second kappa shape index (κ2) is 7.11. The molecule has 2 rings (SSSR count). The number of carboxylic acids is 1. The minimum Gasteiger partial charge on any atom is -0.497 e. The monoisotopic (exact) mass is 371 g/mol. The van der Waals surface area contributed by atoms with E-state index in [4.69, 9.17) is 9.47 Å². The Morgan fingerprint density at radius 3 is 2.68 bits per heavy atom. The molecule has 22 heavy (non-hydrogen) atoms. The van der Waals surface area contributed by atoms with Crippen LogP contribution < -0.4 is 10.1 Å². The Morgan fingerprint density at radius 2 is 2.09 bits per heavy atom. The molecule has 0 unspecified atom stereocenters. The average Bonchev–Trinajstić information content (AvgIpc) is 2.50. The first-order valence-corrected chi connectivity index (χ1v) is 7.71.